The van der Waals surface area contributed by atoms with Crippen molar-refractivity contribution in [2.75, 3.05) is 37.6 Å². The van der Waals surface area contributed by atoms with Crippen LogP contribution in [-0.2, 0) is 4.79 Å². The summed E-state index contributed by atoms with van der Waals surface area (Å²) in [5.74, 6) is 0.0162. The fraction of sp³-hybridized carbons (Fsp3) is 0.538. The number of carbonyl (C=O) groups excluding carboxylic acids is 1. The van der Waals surface area contributed by atoms with Crippen molar-refractivity contribution in [3.05, 3.63) is 24.5 Å². The standard InChI is InChI=1S/C13H18N3O/c1-12(11-17)10-15-6-8-16(9-7-15)13-2-4-14-5-3-13/h2-5,12H,6-10H2,1H3. The number of hydrogen-bond acceptors (Lipinski definition) is 4. The Balaban J connectivity index is 1.84. The van der Waals surface area contributed by atoms with Crippen molar-refractivity contribution < 1.29 is 4.79 Å². The van der Waals surface area contributed by atoms with Crippen LogP contribution in [0.2, 0.25) is 0 Å². The Hall–Kier alpha value is -1.42. The third-order valence-corrected chi connectivity index (χ3v) is 3.13. The molecule has 1 aromatic heterocycles. The molecule has 1 radical (unpaired) electrons. The van der Waals surface area contributed by atoms with Crippen molar-refractivity contribution in [3.63, 3.8) is 0 Å². The predicted molar refractivity (Wildman–Crippen MR) is 67.7 cm³/mol. The fourth-order valence-corrected chi connectivity index (χ4v) is 2.17. The number of anilines is 1. The first-order valence-electron chi connectivity index (χ1n) is 6.04. The highest BCUT2D eigenvalue weighted by molar-refractivity contribution is 5.54. The highest BCUT2D eigenvalue weighted by Gasteiger charge is 2.18. The quantitative estimate of drug-likeness (QED) is 0.774. The van der Waals surface area contributed by atoms with Crippen LogP contribution >= 0.6 is 0 Å². The lowest BCUT2D eigenvalue weighted by Crippen LogP contribution is -2.47. The molecule has 1 saturated heterocycles. The smallest absolute Gasteiger partial charge is 0.202 e. The van der Waals surface area contributed by atoms with Crippen LogP contribution in [0.4, 0.5) is 5.69 Å². The van der Waals surface area contributed by atoms with Gasteiger partial charge in [-0.1, -0.05) is 6.92 Å². The van der Waals surface area contributed by atoms with Crippen LogP contribution in [0.15, 0.2) is 24.5 Å². The van der Waals surface area contributed by atoms with Crippen LogP contribution in [-0.4, -0.2) is 48.9 Å². The monoisotopic (exact) mass is 232 g/mol. The van der Waals surface area contributed by atoms with Crippen LogP contribution < -0.4 is 4.90 Å². The molecule has 0 amide bonds. The van der Waals surface area contributed by atoms with E-state index in [2.05, 4.69) is 14.8 Å². The van der Waals surface area contributed by atoms with Crippen LogP contribution in [0.3, 0.4) is 0 Å². The van der Waals surface area contributed by atoms with Gasteiger partial charge < -0.3 is 4.90 Å². The first kappa shape index (κ1) is 12.0. The van der Waals surface area contributed by atoms with Crippen molar-refractivity contribution in [2.45, 2.75) is 6.92 Å². The summed E-state index contributed by atoms with van der Waals surface area (Å²) < 4.78 is 0. The molecular formula is C13H18N3O. The van der Waals surface area contributed by atoms with Gasteiger partial charge in [-0.15, -0.1) is 0 Å². The highest BCUT2D eigenvalue weighted by atomic mass is 16.1. The predicted octanol–water partition coefficient (Wildman–Crippen LogP) is 0.949. The normalized spacial score (nSPS) is 19.0. The van der Waals surface area contributed by atoms with E-state index in [1.165, 1.54) is 5.69 Å². The van der Waals surface area contributed by atoms with Crippen molar-refractivity contribution >= 4 is 12.0 Å². The Kier molecular flexibility index (Phi) is 4.09. The molecule has 0 N–H and O–H groups in total. The summed E-state index contributed by atoms with van der Waals surface area (Å²) in [6, 6.07) is 4.08. The Morgan fingerprint density at radius 2 is 1.94 bits per heavy atom. The number of pyridine rings is 1. The van der Waals surface area contributed by atoms with Gasteiger partial charge in [-0.3, -0.25) is 14.7 Å². The van der Waals surface area contributed by atoms with Gasteiger partial charge in [0.15, 0.2) is 0 Å². The molecule has 4 nitrogen and oxygen atoms in total. The zero-order valence-electron chi connectivity index (χ0n) is 10.2. The largest absolute Gasteiger partial charge is 0.369 e. The van der Waals surface area contributed by atoms with Crippen molar-refractivity contribution in [1.29, 1.82) is 0 Å². The maximum absolute atomic E-state index is 10.5. The molecule has 0 bridgehead atoms. The van der Waals surface area contributed by atoms with Gasteiger partial charge in [0.05, 0.1) is 0 Å². The maximum Gasteiger partial charge on any atom is 0.202 e. The second-order valence-electron chi connectivity index (χ2n) is 4.51. The summed E-state index contributed by atoms with van der Waals surface area (Å²) in [5.41, 5.74) is 1.23. The topological polar surface area (TPSA) is 36.4 Å². The Labute approximate surface area is 102 Å². The van der Waals surface area contributed by atoms with E-state index >= 15 is 0 Å². The molecule has 0 spiro atoms. The summed E-state index contributed by atoms with van der Waals surface area (Å²) in [7, 11) is 0. The molecule has 1 fully saturated rings. The molecule has 0 saturated carbocycles. The van der Waals surface area contributed by atoms with E-state index < -0.39 is 0 Å². The summed E-state index contributed by atoms with van der Waals surface area (Å²) >= 11 is 0. The fourth-order valence-electron chi connectivity index (χ4n) is 2.17. The molecule has 1 atom stereocenters. The average molecular weight is 232 g/mol. The second-order valence-corrected chi connectivity index (χ2v) is 4.51. The third kappa shape index (κ3) is 3.27. The van der Waals surface area contributed by atoms with Crippen LogP contribution in [0.1, 0.15) is 6.92 Å². The minimum atomic E-state index is 0.0162. The maximum atomic E-state index is 10.5. The van der Waals surface area contributed by atoms with Crippen LogP contribution in [0.25, 0.3) is 0 Å². The number of aromatic nitrogens is 1. The summed E-state index contributed by atoms with van der Waals surface area (Å²) in [4.78, 5) is 19.2. The number of rotatable bonds is 4. The lowest BCUT2D eigenvalue weighted by atomic mass is 10.2. The van der Waals surface area contributed by atoms with Gasteiger partial charge >= 0.3 is 0 Å². The average Bonchev–Trinajstić information content (AvgIpc) is 2.40. The van der Waals surface area contributed by atoms with Gasteiger partial charge in [0, 0.05) is 56.7 Å². The summed E-state index contributed by atoms with van der Waals surface area (Å²) in [6.45, 7) is 6.78. The van der Waals surface area contributed by atoms with Gasteiger partial charge in [-0.2, -0.15) is 0 Å². The molecule has 0 aromatic carbocycles. The first-order valence-corrected chi connectivity index (χ1v) is 6.04. The van der Waals surface area contributed by atoms with E-state index in [1.54, 1.807) is 0 Å². The Morgan fingerprint density at radius 3 is 2.53 bits per heavy atom. The summed E-state index contributed by atoms with van der Waals surface area (Å²) in [6.07, 6.45) is 5.69. The minimum absolute atomic E-state index is 0.0162. The molecule has 1 unspecified atom stereocenters. The van der Waals surface area contributed by atoms with E-state index in [0.717, 1.165) is 32.7 Å². The van der Waals surface area contributed by atoms with Gasteiger partial charge in [0.25, 0.3) is 0 Å². The molecule has 1 aromatic rings. The van der Waals surface area contributed by atoms with E-state index in [0.29, 0.717) is 0 Å². The highest BCUT2D eigenvalue weighted by Crippen LogP contribution is 2.14. The van der Waals surface area contributed by atoms with Crippen LogP contribution in [0.5, 0.6) is 0 Å². The third-order valence-electron chi connectivity index (χ3n) is 3.13. The van der Waals surface area contributed by atoms with Gasteiger partial charge in [0.2, 0.25) is 6.29 Å². The van der Waals surface area contributed by atoms with Crippen molar-refractivity contribution in [3.8, 4) is 0 Å². The molecule has 17 heavy (non-hydrogen) atoms. The zero-order valence-corrected chi connectivity index (χ0v) is 10.2. The zero-order chi connectivity index (χ0) is 12.1. The number of hydrogen-bond donors (Lipinski definition) is 0. The lowest BCUT2D eigenvalue weighted by molar-refractivity contribution is 0.242. The molecule has 91 valence electrons. The molecule has 0 aliphatic carbocycles. The summed E-state index contributed by atoms with van der Waals surface area (Å²) in [5, 5.41) is 0. The Bertz CT molecular complexity index is 347. The minimum Gasteiger partial charge on any atom is -0.369 e. The van der Waals surface area contributed by atoms with Gasteiger partial charge in [0.1, 0.15) is 0 Å². The molecule has 4 heteroatoms. The van der Waals surface area contributed by atoms with E-state index in [-0.39, 0.29) is 5.92 Å². The molecule has 1 aliphatic heterocycles. The SMILES string of the molecule is CC([C]=O)CN1CCN(c2ccncc2)CC1. The number of piperazine rings is 1. The van der Waals surface area contributed by atoms with E-state index in [1.807, 2.05) is 37.7 Å². The molecular weight excluding hydrogens is 214 g/mol. The molecule has 2 heterocycles. The van der Waals surface area contributed by atoms with Crippen LogP contribution in [0, 0.1) is 5.92 Å². The van der Waals surface area contributed by atoms with E-state index in [9.17, 15) is 4.79 Å². The van der Waals surface area contributed by atoms with E-state index in [4.69, 9.17) is 0 Å². The van der Waals surface area contributed by atoms with Gasteiger partial charge in [-0.05, 0) is 12.1 Å². The molecule has 1 aliphatic rings. The number of nitrogens with zero attached hydrogens (tertiary/aromatic N) is 3. The second kappa shape index (κ2) is 5.77. The first-order chi connectivity index (χ1) is 8.29. The van der Waals surface area contributed by atoms with Crippen molar-refractivity contribution in [2.24, 2.45) is 5.92 Å². The Morgan fingerprint density at radius 1 is 1.29 bits per heavy atom. The van der Waals surface area contributed by atoms with Crippen molar-refractivity contribution in [1.82, 2.24) is 9.88 Å². The molecule has 2 rings (SSSR count). The van der Waals surface area contributed by atoms with Gasteiger partial charge in [-0.25, -0.2) is 0 Å². The lowest BCUT2D eigenvalue weighted by Gasteiger charge is -2.36.